The molecular weight excluding hydrogens is 394 g/mol. The second-order valence-electron chi connectivity index (χ2n) is 9.00. The predicted octanol–water partition coefficient (Wildman–Crippen LogP) is 0.328. The summed E-state index contributed by atoms with van der Waals surface area (Å²) in [6.07, 6.45) is 1.00. The van der Waals surface area contributed by atoms with Gasteiger partial charge >= 0.3 is 5.97 Å². The first-order valence-electron chi connectivity index (χ1n) is 10.2. The highest BCUT2D eigenvalue weighted by Crippen LogP contribution is 2.53. The molecule has 2 amide bonds. The molecule has 9 heteroatoms. The average Bonchev–Trinajstić information content (AvgIpc) is 3.23. The van der Waals surface area contributed by atoms with E-state index in [1.807, 2.05) is 6.92 Å². The van der Waals surface area contributed by atoms with Crippen LogP contribution in [0.3, 0.4) is 0 Å². The normalized spacial score (nSPS) is 39.3. The number of hydrogen-bond donors (Lipinski definition) is 3. The van der Waals surface area contributed by atoms with Gasteiger partial charge in [0.1, 0.15) is 5.70 Å². The summed E-state index contributed by atoms with van der Waals surface area (Å²) in [5, 5.41) is 23.4. The Labute approximate surface area is 174 Å². The van der Waals surface area contributed by atoms with E-state index in [0.29, 0.717) is 5.92 Å². The molecule has 8 atom stereocenters. The number of carbonyl (C=O) groups is 3. The second kappa shape index (κ2) is 7.28. The molecule has 0 aromatic rings. The lowest BCUT2D eigenvalue weighted by atomic mass is 9.79. The summed E-state index contributed by atoms with van der Waals surface area (Å²) >= 11 is 1.55. The summed E-state index contributed by atoms with van der Waals surface area (Å²) < 4.78 is 0. The first kappa shape index (κ1) is 20.7. The summed E-state index contributed by atoms with van der Waals surface area (Å²) in [7, 11) is 3.57. The molecule has 8 nitrogen and oxygen atoms in total. The van der Waals surface area contributed by atoms with E-state index in [9.17, 15) is 24.6 Å². The van der Waals surface area contributed by atoms with Gasteiger partial charge in [0.05, 0.1) is 18.1 Å². The first-order valence-corrected chi connectivity index (χ1v) is 11.1. The molecule has 0 spiro atoms. The highest BCUT2D eigenvalue weighted by Gasteiger charge is 2.60. The predicted molar refractivity (Wildman–Crippen MR) is 108 cm³/mol. The number of rotatable bonds is 6. The van der Waals surface area contributed by atoms with Gasteiger partial charge in [-0.25, -0.2) is 4.79 Å². The second-order valence-corrected chi connectivity index (χ2v) is 10.3. The van der Waals surface area contributed by atoms with E-state index in [0.717, 1.165) is 24.3 Å². The van der Waals surface area contributed by atoms with Crippen molar-refractivity contribution in [2.45, 2.75) is 50.1 Å². The molecule has 3 aliphatic heterocycles. The van der Waals surface area contributed by atoms with E-state index in [1.165, 1.54) is 4.90 Å². The number of carbonyl (C=O) groups excluding carboxylic acids is 2. The van der Waals surface area contributed by atoms with Crippen LogP contribution in [0.15, 0.2) is 10.6 Å². The van der Waals surface area contributed by atoms with Gasteiger partial charge in [0.15, 0.2) is 0 Å². The number of amides is 2. The number of carboxylic acid groups (broad SMARTS) is 1. The zero-order valence-electron chi connectivity index (χ0n) is 17.2. The van der Waals surface area contributed by atoms with E-state index < -0.39 is 18.0 Å². The van der Waals surface area contributed by atoms with Crippen molar-refractivity contribution in [2.75, 3.05) is 20.6 Å². The number of aliphatic hydroxyl groups is 1. The SMILES string of the molecule is C[C@@H](O)[C@H]1C(=O)N2C(C(=O)O)=C(S[C@@H]3CN[C@H]([C@@H]4C[C@H]4C(=O)N(C)C)C3)[C@H](C)[C@H]12. The van der Waals surface area contributed by atoms with Crippen LogP contribution >= 0.6 is 11.8 Å². The number of nitrogens with one attached hydrogen (secondary N) is 1. The molecule has 1 aliphatic carbocycles. The number of hydrogen-bond acceptors (Lipinski definition) is 6. The maximum atomic E-state index is 12.4. The average molecular weight is 424 g/mol. The van der Waals surface area contributed by atoms with Crippen molar-refractivity contribution in [3.8, 4) is 0 Å². The number of aliphatic hydroxyl groups excluding tert-OH is 1. The molecular formula is C20H29N3O5S. The first-order chi connectivity index (χ1) is 13.6. The highest BCUT2D eigenvalue weighted by molar-refractivity contribution is 8.03. The fourth-order valence-electron chi connectivity index (χ4n) is 5.28. The van der Waals surface area contributed by atoms with Crippen molar-refractivity contribution in [1.29, 1.82) is 0 Å². The fraction of sp³-hybridized carbons (Fsp3) is 0.750. The molecule has 1 saturated carbocycles. The van der Waals surface area contributed by atoms with Crippen LogP contribution in [-0.2, 0) is 14.4 Å². The Morgan fingerprint density at radius 2 is 2.00 bits per heavy atom. The molecule has 4 aliphatic rings. The monoisotopic (exact) mass is 423 g/mol. The number of thioether (sulfide) groups is 1. The highest BCUT2D eigenvalue weighted by atomic mass is 32.2. The van der Waals surface area contributed by atoms with Crippen molar-refractivity contribution in [3.63, 3.8) is 0 Å². The van der Waals surface area contributed by atoms with Gasteiger partial charge in [-0.15, -0.1) is 11.8 Å². The number of fused-ring (bicyclic) bond motifs is 1. The molecule has 0 aromatic carbocycles. The molecule has 4 rings (SSSR count). The van der Waals surface area contributed by atoms with E-state index >= 15 is 0 Å². The number of carboxylic acids is 1. The molecule has 0 bridgehead atoms. The summed E-state index contributed by atoms with van der Waals surface area (Å²) in [6, 6.07) is 0.00245. The van der Waals surface area contributed by atoms with Crippen molar-refractivity contribution in [3.05, 3.63) is 10.6 Å². The van der Waals surface area contributed by atoms with Crippen LogP contribution in [0.4, 0.5) is 0 Å². The maximum Gasteiger partial charge on any atom is 0.353 e. The topological polar surface area (TPSA) is 110 Å². The van der Waals surface area contributed by atoms with Gasteiger partial charge < -0.3 is 25.3 Å². The van der Waals surface area contributed by atoms with Gasteiger partial charge in [-0.1, -0.05) is 6.92 Å². The van der Waals surface area contributed by atoms with Crippen LogP contribution in [0.25, 0.3) is 0 Å². The number of β-lactam (4-membered cyclic amide) rings is 1. The Kier molecular flexibility index (Phi) is 5.19. The van der Waals surface area contributed by atoms with Gasteiger partial charge in [-0.2, -0.15) is 0 Å². The van der Waals surface area contributed by atoms with Crippen molar-refractivity contribution >= 4 is 29.5 Å². The quantitative estimate of drug-likeness (QED) is 0.528. The lowest BCUT2D eigenvalue weighted by Gasteiger charge is -2.46. The molecule has 29 heavy (non-hydrogen) atoms. The Morgan fingerprint density at radius 1 is 1.31 bits per heavy atom. The molecule has 3 heterocycles. The molecule has 160 valence electrons. The lowest BCUT2D eigenvalue weighted by molar-refractivity contribution is -0.163. The Morgan fingerprint density at radius 3 is 2.59 bits per heavy atom. The minimum atomic E-state index is -1.08. The van der Waals surface area contributed by atoms with E-state index in [-0.39, 0.29) is 46.7 Å². The third-order valence-corrected chi connectivity index (χ3v) is 8.36. The largest absolute Gasteiger partial charge is 0.477 e. The zero-order valence-corrected chi connectivity index (χ0v) is 18.0. The maximum absolute atomic E-state index is 12.4. The van der Waals surface area contributed by atoms with Gasteiger partial charge in [0.2, 0.25) is 11.8 Å². The third-order valence-electron chi connectivity index (χ3n) is 6.84. The van der Waals surface area contributed by atoms with Crippen molar-refractivity contribution in [2.24, 2.45) is 23.7 Å². The fourth-order valence-corrected chi connectivity index (χ4v) is 6.78. The van der Waals surface area contributed by atoms with Crippen LogP contribution in [0.1, 0.15) is 26.7 Å². The summed E-state index contributed by atoms with van der Waals surface area (Å²) in [5.41, 5.74) is 0.0879. The third kappa shape index (κ3) is 3.27. The van der Waals surface area contributed by atoms with E-state index in [2.05, 4.69) is 5.32 Å². The Balaban J connectivity index is 1.44. The molecule has 0 radical (unpaired) electrons. The smallest absolute Gasteiger partial charge is 0.353 e. The van der Waals surface area contributed by atoms with Crippen LogP contribution in [0, 0.1) is 23.7 Å². The van der Waals surface area contributed by atoms with Crippen LogP contribution in [-0.4, -0.2) is 81.9 Å². The van der Waals surface area contributed by atoms with Gasteiger partial charge in [-0.3, -0.25) is 9.59 Å². The molecule has 0 unspecified atom stereocenters. The van der Waals surface area contributed by atoms with Gasteiger partial charge in [-0.05, 0) is 25.7 Å². The standard InChI is InChI=1S/C20H29N3O5S/c1-8-15-14(9(2)24)19(26)23(15)16(20(27)28)17(8)29-10-5-13(21-7-10)11-6-12(11)18(25)22(3)4/h8-15,21,24H,5-7H2,1-4H3,(H,27,28)/t8-,9-,10+,11-,12-,13+,14-,15-/m1/s1. The molecule has 3 fully saturated rings. The summed E-state index contributed by atoms with van der Waals surface area (Å²) in [4.78, 5) is 40.3. The van der Waals surface area contributed by atoms with Crippen LogP contribution in [0.2, 0.25) is 0 Å². The van der Waals surface area contributed by atoms with Crippen LogP contribution < -0.4 is 5.32 Å². The van der Waals surface area contributed by atoms with Crippen molar-refractivity contribution < 1.29 is 24.6 Å². The van der Waals surface area contributed by atoms with Crippen molar-refractivity contribution in [1.82, 2.24) is 15.1 Å². The summed E-state index contributed by atoms with van der Waals surface area (Å²) in [5.74, 6) is -1.39. The Bertz CT molecular complexity index is 782. The zero-order chi connectivity index (χ0) is 21.2. The molecule has 0 aromatic heterocycles. The van der Waals surface area contributed by atoms with E-state index in [4.69, 9.17) is 0 Å². The molecule has 3 N–H and O–H groups in total. The minimum Gasteiger partial charge on any atom is -0.477 e. The van der Waals surface area contributed by atoms with Gasteiger partial charge in [0, 0.05) is 48.7 Å². The number of nitrogens with zero attached hydrogens (tertiary/aromatic N) is 2. The molecule has 2 saturated heterocycles. The lowest BCUT2D eigenvalue weighted by Crippen LogP contribution is -2.63. The number of aliphatic carboxylic acids is 1. The Hall–Kier alpha value is -1.58. The minimum absolute atomic E-state index is 0.0879. The van der Waals surface area contributed by atoms with Crippen LogP contribution in [0.5, 0.6) is 0 Å². The van der Waals surface area contributed by atoms with Gasteiger partial charge in [0.25, 0.3) is 0 Å². The van der Waals surface area contributed by atoms with E-state index in [1.54, 1.807) is 37.7 Å². The summed E-state index contributed by atoms with van der Waals surface area (Å²) in [6.45, 7) is 4.30.